The number of pyridine rings is 1. The molecular formula is C24H21ClN4O2. The third kappa shape index (κ3) is 3.70. The fraction of sp³-hybridized carbons (Fsp3) is 0.167. The number of halogens is 1. The third-order valence-electron chi connectivity index (χ3n) is 5.68. The Balaban J connectivity index is 1.42. The van der Waals surface area contributed by atoms with Gasteiger partial charge in [-0.1, -0.05) is 23.7 Å². The number of nitrogens with zero attached hydrogens (tertiary/aromatic N) is 4. The number of carbonyl (C=O) groups excluding carboxylic acids is 1. The summed E-state index contributed by atoms with van der Waals surface area (Å²) in [5.41, 5.74) is 2.55. The van der Waals surface area contributed by atoms with Crippen LogP contribution in [-0.2, 0) is 0 Å². The minimum Gasteiger partial charge on any atom is -0.508 e. The van der Waals surface area contributed by atoms with Gasteiger partial charge >= 0.3 is 0 Å². The zero-order valence-corrected chi connectivity index (χ0v) is 17.5. The van der Waals surface area contributed by atoms with Gasteiger partial charge in [0.1, 0.15) is 11.6 Å². The Hall–Kier alpha value is -3.51. The summed E-state index contributed by atoms with van der Waals surface area (Å²) in [4.78, 5) is 22.0. The zero-order chi connectivity index (χ0) is 21.4. The number of piperazine rings is 1. The van der Waals surface area contributed by atoms with Crippen molar-refractivity contribution in [3.63, 3.8) is 0 Å². The van der Waals surface area contributed by atoms with Crippen molar-refractivity contribution in [2.75, 3.05) is 31.1 Å². The maximum Gasteiger partial charge on any atom is 0.256 e. The maximum absolute atomic E-state index is 13.4. The fourth-order valence-corrected chi connectivity index (χ4v) is 4.22. The molecule has 0 radical (unpaired) electrons. The van der Waals surface area contributed by atoms with Crippen LogP contribution in [-0.4, -0.2) is 51.6 Å². The molecule has 31 heavy (non-hydrogen) atoms. The second-order valence-electron chi connectivity index (χ2n) is 7.56. The molecule has 1 N–H and O–H groups in total. The van der Waals surface area contributed by atoms with Crippen molar-refractivity contribution in [1.82, 2.24) is 14.5 Å². The van der Waals surface area contributed by atoms with E-state index >= 15 is 0 Å². The van der Waals surface area contributed by atoms with Gasteiger partial charge < -0.3 is 19.5 Å². The molecule has 0 aliphatic carbocycles. The van der Waals surface area contributed by atoms with Crippen LogP contribution in [0.2, 0.25) is 5.02 Å². The van der Waals surface area contributed by atoms with Gasteiger partial charge in [-0.3, -0.25) is 4.79 Å². The summed E-state index contributed by atoms with van der Waals surface area (Å²) < 4.78 is 1.92. The average Bonchev–Trinajstić information content (AvgIpc) is 3.18. The first kappa shape index (κ1) is 19.5. The quantitative estimate of drug-likeness (QED) is 0.523. The monoisotopic (exact) mass is 432 g/mol. The highest BCUT2D eigenvalue weighted by Crippen LogP contribution is 2.29. The van der Waals surface area contributed by atoms with E-state index in [0.29, 0.717) is 23.7 Å². The van der Waals surface area contributed by atoms with Crippen molar-refractivity contribution in [3.05, 3.63) is 83.6 Å². The Morgan fingerprint density at radius 3 is 2.45 bits per heavy atom. The van der Waals surface area contributed by atoms with Crippen LogP contribution in [0.15, 0.2) is 73.1 Å². The lowest BCUT2D eigenvalue weighted by Crippen LogP contribution is -2.48. The minimum atomic E-state index is 0.00681. The van der Waals surface area contributed by atoms with E-state index in [9.17, 15) is 9.90 Å². The van der Waals surface area contributed by atoms with E-state index in [1.54, 1.807) is 18.3 Å². The summed E-state index contributed by atoms with van der Waals surface area (Å²) in [6.07, 6.45) is 3.59. The highest BCUT2D eigenvalue weighted by molar-refractivity contribution is 6.31. The van der Waals surface area contributed by atoms with Crippen LogP contribution in [0.3, 0.4) is 0 Å². The topological polar surface area (TPSA) is 61.6 Å². The van der Waals surface area contributed by atoms with Gasteiger partial charge in [-0.15, -0.1) is 0 Å². The van der Waals surface area contributed by atoms with Crippen LogP contribution in [0.1, 0.15) is 10.4 Å². The molecule has 7 heteroatoms. The van der Waals surface area contributed by atoms with Crippen molar-refractivity contribution < 1.29 is 9.90 Å². The van der Waals surface area contributed by atoms with Crippen LogP contribution in [0.5, 0.6) is 5.75 Å². The molecular weight excluding hydrogens is 412 g/mol. The molecule has 2 aromatic heterocycles. The van der Waals surface area contributed by atoms with Gasteiger partial charge in [0.05, 0.1) is 11.1 Å². The third-order valence-corrected chi connectivity index (χ3v) is 5.91. The van der Waals surface area contributed by atoms with E-state index < -0.39 is 0 Å². The number of benzene rings is 2. The van der Waals surface area contributed by atoms with Crippen LogP contribution < -0.4 is 4.90 Å². The Labute approximate surface area is 184 Å². The summed E-state index contributed by atoms with van der Waals surface area (Å²) in [5, 5.41) is 11.0. The Morgan fingerprint density at radius 1 is 0.968 bits per heavy atom. The maximum atomic E-state index is 13.4. The Kier molecular flexibility index (Phi) is 5.00. The van der Waals surface area contributed by atoms with Gasteiger partial charge in [-0.25, -0.2) is 4.98 Å². The van der Waals surface area contributed by atoms with E-state index in [1.165, 1.54) is 0 Å². The summed E-state index contributed by atoms with van der Waals surface area (Å²) in [6, 6.07) is 18.4. The van der Waals surface area contributed by atoms with Crippen LogP contribution in [0.25, 0.3) is 16.7 Å². The normalized spacial score (nSPS) is 14.2. The van der Waals surface area contributed by atoms with E-state index in [0.717, 1.165) is 35.5 Å². The molecule has 0 saturated carbocycles. The molecule has 6 nitrogen and oxygen atoms in total. The molecule has 2 aromatic carbocycles. The predicted molar refractivity (Wildman–Crippen MR) is 122 cm³/mol. The number of phenolic OH excluding ortho intramolecular Hbond substituents is 1. The lowest BCUT2D eigenvalue weighted by Gasteiger charge is -2.36. The highest BCUT2D eigenvalue weighted by atomic mass is 35.5. The van der Waals surface area contributed by atoms with Crippen LogP contribution >= 0.6 is 11.6 Å². The predicted octanol–water partition coefficient (Wildman–Crippen LogP) is 4.35. The number of carbonyl (C=O) groups is 1. The molecule has 1 aliphatic heterocycles. The number of aromatic nitrogens is 2. The van der Waals surface area contributed by atoms with Crippen molar-refractivity contribution in [1.29, 1.82) is 0 Å². The fourth-order valence-electron chi connectivity index (χ4n) is 4.06. The minimum absolute atomic E-state index is 0.00681. The van der Waals surface area contributed by atoms with Gasteiger partial charge in [0.15, 0.2) is 0 Å². The lowest BCUT2D eigenvalue weighted by atomic mass is 10.1. The lowest BCUT2D eigenvalue weighted by molar-refractivity contribution is 0.0748. The second kappa shape index (κ2) is 7.96. The Morgan fingerprint density at radius 2 is 1.74 bits per heavy atom. The molecule has 0 spiro atoms. The number of hydrogen-bond donors (Lipinski definition) is 1. The van der Waals surface area contributed by atoms with Gasteiger partial charge in [-0.2, -0.15) is 0 Å². The largest absolute Gasteiger partial charge is 0.508 e. The number of amides is 1. The van der Waals surface area contributed by atoms with Crippen LogP contribution in [0, 0.1) is 0 Å². The molecule has 1 amide bonds. The van der Waals surface area contributed by atoms with Crippen LogP contribution in [0.4, 0.5) is 5.69 Å². The van der Waals surface area contributed by atoms with E-state index in [2.05, 4.69) is 9.88 Å². The first-order valence-electron chi connectivity index (χ1n) is 10.2. The molecule has 0 unspecified atom stereocenters. The molecule has 1 saturated heterocycles. The van der Waals surface area contributed by atoms with E-state index in [-0.39, 0.29) is 11.7 Å². The van der Waals surface area contributed by atoms with Crippen molar-refractivity contribution >= 4 is 34.1 Å². The summed E-state index contributed by atoms with van der Waals surface area (Å²) in [6.45, 7) is 2.73. The van der Waals surface area contributed by atoms with Gasteiger partial charge in [0.25, 0.3) is 5.91 Å². The summed E-state index contributed by atoms with van der Waals surface area (Å²) in [5.74, 6) is 1.00. The number of aromatic hydroxyl groups is 1. The number of phenols is 1. The van der Waals surface area contributed by atoms with Crippen molar-refractivity contribution in [2.24, 2.45) is 0 Å². The SMILES string of the molecule is O=C(c1cn(-c2ccccn2)c2cc(Cl)ccc12)N1CCN(c2ccc(O)cc2)CC1. The number of hydrogen-bond acceptors (Lipinski definition) is 4. The zero-order valence-electron chi connectivity index (χ0n) is 16.8. The van der Waals surface area contributed by atoms with Gasteiger partial charge in [0, 0.05) is 54.7 Å². The molecule has 3 heterocycles. The molecule has 4 aromatic rings. The average molecular weight is 433 g/mol. The highest BCUT2D eigenvalue weighted by Gasteiger charge is 2.25. The molecule has 0 bridgehead atoms. The molecule has 0 atom stereocenters. The number of fused-ring (bicyclic) bond motifs is 1. The smallest absolute Gasteiger partial charge is 0.256 e. The summed E-state index contributed by atoms with van der Waals surface area (Å²) in [7, 11) is 0. The second-order valence-corrected chi connectivity index (χ2v) is 7.99. The molecule has 1 aliphatic rings. The molecule has 5 rings (SSSR count). The van der Waals surface area contributed by atoms with E-state index in [1.807, 2.05) is 64.2 Å². The number of rotatable bonds is 3. The first-order chi connectivity index (χ1) is 15.1. The van der Waals surface area contributed by atoms with Gasteiger partial charge in [-0.05, 0) is 48.5 Å². The first-order valence-corrected chi connectivity index (χ1v) is 10.5. The number of anilines is 1. The summed E-state index contributed by atoms with van der Waals surface area (Å²) >= 11 is 6.25. The standard InChI is InChI=1S/C24H21ClN4O2/c25-17-4-9-20-21(16-29(22(20)15-17)23-3-1-2-10-26-23)24(31)28-13-11-27(12-14-28)18-5-7-19(30)8-6-18/h1-10,15-16,30H,11-14H2. The van der Waals surface area contributed by atoms with Crippen molar-refractivity contribution in [3.8, 4) is 11.6 Å². The molecule has 1 fully saturated rings. The van der Waals surface area contributed by atoms with Crippen molar-refractivity contribution in [2.45, 2.75) is 0 Å². The van der Waals surface area contributed by atoms with E-state index in [4.69, 9.17) is 11.6 Å². The Bertz CT molecular complexity index is 1230. The molecule has 156 valence electrons. The van der Waals surface area contributed by atoms with Gasteiger partial charge in [0.2, 0.25) is 0 Å².